The van der Waals surface area contributed by atoms with Crippen LogP contribution in [0.25, 0.3) is 0 Å². The van der Waals surface area contributed by atoms with Crippen LogP contribution in [0, 0.1) is 32.6 Å². The van der Waals surface area contributed by atoms with Crippen LogP contribution < -0.4 is 14.8 Å². The average Bonchev–Trinajstić information content (AvgIpc) is 2.84. The topological polar surface area (TPSA) is 35.5 Å². The predicted octanol–water partition coefficient (Wildman–Crippen LogP) is 8.30. The van der Waals surface area contributed by atoms with Gasteiger partial charge in [-0.2, -0.15) is 0 Å². The zero-order valence-electron chi connectivity index (χ0n) is 23.8. The van der Waals surface area contributed by atoms with E-state index in [1.165, 1.54) is 44.1 Å². The summed E-state index contributed by atoms with van der Waals surface area (Å²) < 4.78 is 12.6. The molecule has 0 N–H and O–H groups in total. The molecular weight excluding hydrogens is 470 g/mol. The van der Waals surface area contributed by atoms with Crippen LogP contribution in [0.2, 0.25) is 0 Å². The minimum atomic E-state index is 0. The number of carbonyl (C=O) groups excluding carboxylic acids is 1. The van der Waals surface area contributed by atoms with E-state index in [0.717, 1.165) is 52.9 Å². The first-order chi connectivity index (χ1) is 17.3. The molecule has 0 aliphatic heterocycles. The van der Waals surface area contributed by atoms with Gasteiger partial charge in [0.05, 0.1) is 13.2 Å². The summed E-state index contributed by atoms with van der Waals surface area (Å²) in [6.45, 7) is 16.5. The van der Waals surface area contributed by atoms with Gasteiger partial charge >= 0.3 is 18.9 Å². The molecule has 2 aromatic rings. The van der Waals surface area contributed by atoms with Gasteiger partial charge < -0.3 is 9.47 Å². The molecule has 0 radical (unpaired) electrons. The number of unbranched alkanes of at least 4 members (excludes halogenated alkanes) is 2. The second-order valence-corrected chi connectivity index (χ2v) is 11.6. The first kappa shape index (κ1) is 33.8. The molecule has 2 aromatic carbocycles. The van der Waals surface area contributed by atoms with E-state index in [9.17, 15) is 4.79 Å². The second kappa shape index (κ2) is 18.1. The van der Waals surface area contributed by atoms with Crippen LogP contribution in [-0.4, -0.2) is 37.6 Å². The Kier molecular flexibility index (Phi) is 16.5. The molecule has 0 saturated heterocycles. The Bertz CT molecular complexity index is 936. The minimum absolute atomic E-state index is 0. The number of hydrogen-bond donors (Lipinski definition) is 0. The molecule has 0 spiro atoms. The van der Waals surface area contributed by atoms with Crippen LogP contribution in [-0.2, 0) is 0 Å². The quantitative estimate of drug-likeness (QED) is 0.155. The molecule has 0 aliphatic carbocycles. The fraction of sp³-hybridized carbons (Fsp3) is 0.594. The molecular formula is C32H50LiO3P. The van der Waals surface area contributed by atoms with Crippen molar-refractivity contribution < 1.29 is 14.3 Å². The molecule has 37 heavy (non-hydrogen) atoms. The zero-order valence-corrected chi connectivity index (χ0v) is 24.8. The average molecular weight is 521 g/mol. The number of rotatable bonds is 17. The van der Waals surface area contributed by atoms with E-state index in [-0.39, 0.29) is 33.0 Å². The summed E-state index contributed by atoms with van der Waals surface area (Å²) in [7, 11) is 0.0234. The SMILES string of the molecule is CCCCC(CC)COc1ccc(PC(=O)c2c(C)cc(C)cc2C)c(OCC(CC)CCCC)c1.[LiH]. The molecule has 0 bridgehead atoms. The summed E-state index contributed by atoms with van der Waals surface area (Å²) in [5.41, 5.74) is 4.32. The van der Waals surface area contributed by atoms with Crippen molar-refractivity contribution in [3.8, 4) is 11.5 Å². The monoisotopic (exact) mass is 520 g/mol. The van der Waals surface area contributed by atoms with Gasteiger partial charge in [-0.05, 0) is 77.3 Å². The van der Waals surface area contributed by atoms with Gasteiger partial charge in [-0.1, -0.05) is 83.9 Å². The summed E-state index contributed by atoms with van der Waals surface area (Å²) in [6, 6.07) is 10.3. The van der Waals surface area contributed by atoms with Crippen LogP contribution in [0.1, 0.15) is 106 Å². The molecule has 202 valence electrons. The van der Waals surface area contributed by atoms with Crippen LogP contribution in [0.5, 0.6) is 11.5 Å². The molecule has 0 fully saturated rings. The molecule has 3 unspecified atom stereocenters. The standard InChI is InChI=1S/C32H49O3P.Li.H/c1-8-12-14-26(10-3)21-34-28-16-17-30(29(20-28)35-22-27(11-4)15-13-9-2)36-32(33)31-24(6)18-23(5)19-25(31)7;;/h16-20,26-27,36H,8-15,21-22H2,1-7H3;;. The van der Waals surface area contributed by atoms with E-state index in [4.69, 9.17) is 9.47 Å². The normalized spacial score (nSPS) is 12.8. The summed E-state index contributed by atoms with van der Waals surface area (Å²) in [6.07, 6.45) is 9.49. The first-order valence-electron chi connectivity index (χ1n) is 14.1. The Hall–Kier alpha value is -1.26. The Morgan fingerprint density at radius 1 is 0.811 bits per heavy atom. The fourth-order valence-electron chi connectivity index (χ4n) is 4.76. The summed E-state index contributed by atoms with van der Waals surface area (Å²) in [4.78, 5) is 13.4. The van der Waals surface area contributed by atoms with E-state index in [0.29, 0.717) is 18.4 Å². The molecule has 3 atom stereocenters. The molecule has 3 nitrogen and oxygen atoms in total. The molecule has 0 heterocycles. The number of aryl methyl sites for hydroxylation is 3. The third-order valence-electron chi connectivity index (χ3n) is 7.15. The molecule has 0 saturated carbocycles. The van der Waals surface area contributed by atoms with Crippen molar-refractivity contribution in [2.24, 2.45) is 11.8 Å². The molecule has 0 amide bonds. The van der Waals surface area contributed by atoms with Gasteiger partial charge in [-0.15, -0.1) is 0 Å². The van der Waals surface area contributed by atoms with Crippen LogP contribution >= 0.6 is 8.58 Å². The van der Waals surface area contributed by atoms with E-state index in [2.05, 4.69) is 46.8 Å². The van der Waals surface area contributed by atoms with E-state index in [1.807, 2.05) is 32.0 Å². The van der Waals surface area contributed by atoms with Crippen molar-refractivity contribution in [2.45, 2.75) is 99.8 Å². The van der Waals surface area contributed by atoms with Crippen molar-refractivity contribution in [1.29, 1.82) is 0 Å². The van der Waals surface area contributed by atoms with Crippen LogP contribution in [0.4, 0.5) is 0 Å². The van der Waals surface area contributed by atoms with Gasteiger partial charge in [0.2, 0.25) is 0 Å². The van der Waals surface area contributed by atoms with E-state index in [1.54, 1.807) is 0 Å². The third kappa shape index (κ3) is 11.2. The van der Waals surface area contributed by atoms with Gasteiger partial charge in [0.1, 0.15) is 11.5 Å². The van der Waals surface area contributed by atoms with E-state index < -0.39 is 0 Å². The van der Waals surface area contributed by atoms with Crippen molar-refractivity contribution >= 4 is 38.3 Å². The van der Waals surface area contributed by atoms with Crippen molar-refractivity contribution in [3.63, 3.8) is 0 Å². The third-order valence-corrected chi connectivity index (χ3v) is 8.31. The number of carbonyl (C=O) groups is 1. The second-order valence-electron chi connectivity index (χ2n) is 10.3. The van der Waals surface area contributed by atoms with Gasteiger partial charge in [0.25, 0.3) is 0 Å². The maximum absolute atomic E-state index is 13.4. The van der Waals surface area contributed by atoms with Crippen LogP contribution in [0.15, 0.2) is 30.3 Å². The Balaban J connectivity index is 0.00000684. The van der Waals surface area contributed by atoms with Crippen molar-refractivity contribution in [2.75, 3.05) is 13.2 Å². The van der Waals surface area contributed by atoms with Crippen molar-refractivity contribution in [3.05, 3.63) is 52.6 Å². The summed E-state index contributed by atoms with van der Waals surface area (Å²) >= 11 is 0. The molecule has 2 rings (SSSR count). The Morgan fingerprint density at radius 3 is 1.86 bits per heavy atom. The number of ether oxygens (including phenoxy) is 2. The summed E-state index contributed by atoms with van der Waals surface area (Å²) in [5, 5.41) is 0.968. The van der Waals surface area contributed by atoms with Gasteiger partial charge in [-0.25, -0.2) is 0 Å². The number of hydrogen-bond acceptors (Lipinski definition) is 3. The predicted molar refractivity (Wildman–Crippen MR) is 164 cm³/mol. The molecule has 0 aromatic heterocycles. The summed E-state index contributed by atoms with van der Waals surface area (Å²) in [5.74, 6) is 2.74. The number of benzene rings is 2. The maximum atomic E-state index is 13.4. The molecule has 5 heteroatoms. The van der Waals surface area contributed by atoms with E-state index >= 15 is 0 Å². The van der Waals surface area contributed by atoms with Crippen molar-refractivity contribution in [1.82, 2.24) is 0 Å². The Morgan fingerprint density at radius 2 is 1.35 bits per heavy atom. The van der Waals surface area contributed by atoms with Gasteiger partial charge in [0, 0.05) is 16.9 Å². The van der Waals surface area contributed by atoms with Crippen LogP contribution in [0.3, 0.4) is 0 Å². The zero-order chi connectivity index (χ0) is 26.5. The van der Waals surface area contributed by atoms with Gasteiger partial charge in [-0.3, -0.25) is 4.79 Å². The van der Waals surface area contributed by atoms with Gasteiger partial charge in [0.15, 0.2) is 5.52 Å². The Labute approximate surface area is 240 Å². The fourth-order valence-corrected chi connectivity index (χ4v) is 5.95. The molecule has 0 aliphatic rings. The first-order valence-corrected chi connectivity index (χ1v) is 15.1.